The molecule has 0 aliphatic rings. The molecule has 2 N–H and O–H groups in total. The van der Waals surface area contributed by atoms with E-state index in [0.29, 0.717) is 27.7 Å². The second kappa shape index (κ2) is 10.3. The van der Waals surface area contributed by atoms with E-state index in [2.05, 4.69) is 15.3 Å². The van der Waals surface area contributed by atoms with Crippen molar-refractivity contribution in [2.75, 3.05) is 0 Å². The van der Waals surface area contributed by atoms with Crippen LogP contribution in [-0.4, -0.2) is 33.0 Å². The Labute approximate surface area is 218 Å². The van der Waals surface area contributed by atoms with Gasteiger partial charge in [0.25, 0.3) is 5.91 Å². The number of benzene rings is 3. The molecule has 0 radical (unpaired) electrons. The number of fused-ring (bicyclic) bond motifs is 1. The Morgan fingerprint density at radius 2 is 1.51 bits per heavy atom. The molecule has 1 atom stereocenters. The molecule has 3 aromatic carbocycles. The fourth-order valence-corrected chi connectivity index (χ4v) is 4.88. The van der Waals surface area contributed by atoms with Crippen LogP contribution in [0.2, 0.25) is 20.1 Å². The van der Waals surface area contributed by atoms with Crippen molar-refractivity contribution in [2.24, 2.45) is 0 Å². The number of aromatic nitrogens is 2. The Bertz CT molecular complexity index is 1440. The van der Waals surface area contributed by atoms with Crippen molar-refractivity contribution >= 4 is 69.3 Å². The molecule has 0 fully saturated rings. The number of halogens is 5. The first kappa shape index (κ1) is 25.1. The molecule has 1 amide bonds. The van der Waals surface area contributed by atoms with E-state index in [1.807, 2.05) is 0 Å². The van der Waals surface area contributed by atoms with Crippen LogP contribution in [0.25, 0.3) is 22.2 Å². The Morgan fingerprint density at radius 3 is 2.11 bits per heavy atom. The van der Waals surface area contributed by atoms with E-state index < -0.39 is 23.7 Å². The van der Waals surface area contributed by atoms with Crippen LogP contribution in [-0.2, 0) is 11.2 Å². The number of hydrogen-bond donors (Lipinski definition) is 2. The van der Waals surface area contributed by atoms with Crippen LogP contribution in [0, 0.1) is 5.82 Å². The third kappa shape index (κ3) is 5.18. The van der Waals surface area contributed by atoms with Crippen LogP contribution in [0.3, 0.4) is 0 Å². The van der Waals surface area contributed by atoms with Crippen LogP contribution >= 0.6 is 46.4 Å². The number of nitrogens with one attached hydrogen (secondary N) is 1. The fourth-order valence-electron chi connectivity index (χ4n) is 3.64. The van der Waals surface area contributed by atoms with E-state index >= 15 is 0 Å². The number of carbonyl (C=O) groups is 2. The zero-order chi connectivity index (χ0) is 25.3. The molecule has 0 saturated carbocycles. The molecule has 1 aromatic heterocycles. The van der Waals surface area contributed by atoms with Crippen LogP contribution in [0.15, 0.2) is 54.9 Å². The highest BCUT2D eigenvalue weighted by atomic mass is 35.5. The predicted molar refractivity (Wildman–Crippen MR) is 134 cm³/mol. The van der Waals surface area contributed by atoms with Crippen molar-refractivity contribution in [3.63, 3.8) is 0 Å². The van der Waals surface area contributed by atoms with E-state index in [-0.39, 0.29) is 32.1 Å². The van der Waals surface area contributed by atoms with Gasteiger partial charge in [-0.2, -0.15) is 0 Å². The van der Waals surface area contributed by atoms with Gasteiger partial charge in [-0.1, -0.05) is 64.6 Å². The minimum Gasteiger partial charge on any atom is -0.480 e. The number of rotatable bonds is 6. The van der Waals surface area contributed by atoms with Gasteiger partial charge >= 0.3 is 5.97 Å². The maximum atomic E-state index is 13.7. The van der Waals surface area contributed by atoms with Gasteiger partial charge in [-0.3, -0.25) is 14.8 Å². The molecule has 0 spiro atoms. The van der Waals surface area contributed by atoms with Gasteiger partial charge in [-0.05, 0) is 29.8 Å². The van der Waals surface area contributed by atoms with Crippen molar-refractivity contribution in [3.05, 3.63) is 91.9 Å². The zero-order valence-electron chi connectivity index (χ0n) is 17.5. The summed E-state index contributed by atoms with van der Waals surface area (Å²) in [5.41, 5.74) is 2.07. The van der Waals surface area contributed by atoms with Crippen molar-refractivity contribution in [3.8, 4) is 11.1 Å². The van der Waals surface area contributed by atoms with Crippen molar-refractivity contribution in [1.82, 2.24) is 15.3 Å². The lowest BCUT2D eigenvalue weighted by atomic mass is 9.97. The number of amides is 1. The first-order chi connectivity index (χ1) is 16.7. The first-order valence-electron chi connectivity index (χ1n) is 10.0. The molecule has 0 bridgehead atoms. The van der Waals surface area contributed by atoms with Crippen LogP contribution in [0.4, 0.5) is 4.39 Å². The van der Waals surface area contributed by atoms with Crippen molar-refractivity contribution < 1.29 is 19.1 Å². The lowest BCUT2D eigenvalue weighted by molar-refractivity contribution is -0.139. The van der Waals surface area contributed by atoms with Crippen LogP contribution in [0.1, 0.15) is 15.9 Å². The van der Waals surface area contributed by atoms with E-state index in [1.54, 1.807) is 18.2 Å². The first-order valence-corrected chi connectivity index (χ1v) is 11.5. The molecule has 0 aliphatic carbocycles. The SMILES string of the molecule is O=C(NC(Cc1ccc(-c2c(Cl)cc(F)cc2Cl)c2nccnc12)C(=O)O)c1c(Cl)cccc1Cl. The van der Waals surface area contributed by atoms with Gasteiger partial charge in [0.15, 0.2) is 0 Å². The fraction of sp³-hybridized carbons (Fsp3) is 0.0833. The minimum atomic E-state index is -1.33. The maximum Gasteiger partial charge on any atom is 0.326 e. The van der Waals surface area contributed by atoms with Gasteiger partial charge in [0, 0.05) is 29.9 Å². The lowest BCUT2D eigenvalue weighted by Crippen LogP contribution is -2.42. The number of carboxylic acids is 1. The Kier molecular flexibility index (Phi) is 7.42. The molecule has 11 heteroatoms. The summed E-state index contributed by atoms with van der Waals surface area (Å²) < 4.78 is 13.7. The molecule has 0 saturated heterocycles. The Balaban J connectivity index is 1.73. The summed E-state index contributed by atoms with van der Waals surface area (Å²) in [4.78, 5) is 33.5. The Morgan fingerprint density at radius 1 is 0.914 bits per heavy atom. The van der Waals surface area contributed by atoms with Crippen molar-refractivity contribution in [1.29, 1.82) is 0 Å². The monoisotopic (exact) mass is 551 g/mol. The number of aliphatic carboxylic acids is 1. The third-order valence-corrected chi connectivity index (χ3v) is 6.43. The summed E-state index contributed by atoms with van der Waals surface area (Å²) in [7, 11) is 0. The van der Waals surface area contributed by atoms with E-state index in [9.17, 15) is 19.1 Å². The summed E-state index contributed by atoms with van der Waals surface area (Å²) in [5.74, 6) is -2.59. The normalized spacial score (nSPS) is 11.9. The average molecular weight is 553 g/mol. The maximum absolute atomic E-state index is 13.7. The zero-order valence-corrected chi connectivity index (χ0v) is 20.6. The molecule has 0 aliphatic heterocycles. The lowest BCUT2D eigenvalue weighted by Gasteiger charge is -2.18. The average Bonchev–Trinajstić information content (AvgIpc) is 2.79. The topological polar surface area (TPSA) is 92.2 Å². The van der Waals surface area contributed by atoms with Crippen LogP contribution in [0.5, 0.6) is 0 Å². The van der Waals surface area contributed by atoms with Gasteiger partial charge in [0.1, 0.15) is 11.9 Å². The van der Waals surface area contributed by atoms with E-state index in [1.165, 1.54) is 24.5 Å². The van der Waals surface area contributed by atoms with Crippen LogP contribution < -0.4 is 5.32 Å². The number of carbonyl (C=O) groups excluding carboxylic acids is 1. The predicted octanol–water partition coefficient (Wildman–Crippen LogP) is 6.48. The highest BCUT2D eigenvalue weighted by molar-refractivity contribution is 6.40. The van der Waals surface area contributed by atoms with Crippen molar-refractivity contribution in [2.45, 2.75) is 12.5 Å². The van der Waals surface area contributed by atoms with Gasteiger partial charge in [0.05, 0.1) is 36.7 Å². The highest BCUT2D eigenvalue weighted by Crippen LogP contribution is 2.39. The molecule has 6 nitrogen and oxygen atoms in total. The second-order valence-electron chi connectivity index (χ2n) is 7.44. The third-order valence-electron chi connectivity index (χ3n) is 5.20. The summed E-state index contributed by atoms with van der Waals surface area (Å²) in [5, 5.41) is 12.6. The molecule has 1 unspecified atom stereocenters. The molecule has 4 aromatic rings. The molecular weight excluding hydrogens is 539 g/mol. The molecule has 4 rings (SSSR count). The molecular formula is C24H14Cl4FN3O3. The van der Waals surface area contributed by atoms with E-state index in [4.69, 9.17) is 46.4 Å². The van der Waals surface area contributed by atoms with Gasteiger partial charge in [0.2, 0.25) is 0 Å². The van der Waals surface area contributed by atoms with Gasteiger partial charge < -0.3 is 10.4 Å². The summed E-state index contributed by atoms with van der Waals surface area (Å²) in [6.07, 6.45) is 2.78. The second-order valence-corrected chi connectivity index (χ2v) is 9.06. The highest BCUT2D eigenvalue weighted by Gasteiger charge is 2.25. The molecule has 1 heterocycles. The summed E-state index contributed by atoms with van der Waals surface area (Å²) in [6.45, 7) is 0. The van der Waals surface area contributed by atoms with E-state index in [0.717, 1.165) is 12.1 Å². The number of hydrogen-bond acceptors (Lipinski definition) is 4. The van der Waals surface area contributed by atoms with Gasteiger partial charge in [-0.15, -0.1) is 0 Å². The standard InChI is InChI=1S/C24H14Cl4FN3O3/c25-14-2-1-3-15(26)20(14)23(33)32-18(24(34)35)8-11-4-5-13(22-21(11)30-6-7-31-22)19-16(27)9-12(29)10-17(19)28/h1-7,9-10,18H,8H2,(H,32,33)(H,34,35). The Hall–Kier alpha value is -2.97. The minimum absolute atomic E-state index is 0.0253. The largest absolute Gasteiger partial charge is 0.480 e. The molecule has 178 valence electrons. The summed E-state index contributed by atoms with van der Waals surface area (Å²) >= 11 is 24.7. The summed E-state index contributed by atoms with van der Waals surface area (Å²) in [6, 6.07) is 8.74. The number of carboxylic acid groups (broad SMARTS) is 1. The smallest absolute Gasteiger partial charge is 0.326 e. The molecule has 35 heavy (non-hydrogen) atoms. The number of nitrogens with zero attached hydrogens (tertiary/aromatic N) is 2. The van der Waals surface area contributed by atoms with Gasteiger partial charge in [-0.25, -0.2) is 9.18 Å². The quantitative estimate of drug-likeness (QED) is 0.286.